The number of anilines is 1. The van der Waals surface area contributed by atoms with Crippen molar-refractivity contribution in [2.45, 2.75) is 9.92 Å². The van der Waals surface area contributed by atoms with Crippen molar-refractivity contribution < 1.29 is 9.90 Å². The van der Waals surface area contributed by atoms with Gasteiger partial charge in [0.25, 0.3) is 0 Å². The van der Waals surface area contributed by atoms with Crippen molar-refractivity contribution >= 4 is 50.9 Å². The van der Waals surface area contributed by atoms with Crippen LogP contribution in [0.15, 0.2) is 44.9 Å². The molecular weight excluding hydrogens is 352 g/mol. The van der Waals surface area contributed by atoms with Crippen LogP contribution in [0.25, 0.3) is 0 Å². The van der Waals surface area contributed by atoms with Gasteiger partial charge in [-0.05, 0) is 40.2 Å². The van der Waals surface area contributed by atoms with E-state index < -0.39 is 5.97 Å². The molecule has 98 valence electrons. The van der Waals surface area contributed by atoms with Gasteiger partial charge in [-0.1, -0.05) is 23.4 Å². The Balaban J connectivity index is 2.51. The standard InChI is InChI=1S/C12H8BrClN2O2S/c13-8-2-1-3-16-11(8)19-10-7(12(17)18)4-6(15)5-9(10)14/h1-5H,15H2,(H,17,18). The van der Waals surface area contributed by atoms with Crippen molar-refractivity contribution in [1.29, 1.82) is 0 Å². The molecule has 2 aromatic rings. The SMILES string of the molecule is Nc1cc(Cl)c(Sc2ncccc2Br)c(C(=O)O)c1. The second-order valence-corrected chi connectivity index (χ2v) is 5.84. The van der Waals surface area contributed by atoms with Gasteiger partial charge in [0.2, 0.25) is 0 Å². The molecule has 0 saturated carbocycles. The molecule has 0 atom stereocenters. The van der Waals surface area contributed by atoms with E-state index in [2.05, 4.69) is 20.9 Å². The van der Waals surface area contributed by atoms with Gasteiger partial charge in [0.1, 0.15) is 5.03 Å². The number of aromatic nitrogens is 1. The molecule has 0 bridgehead atoms. The number of hydrogen-bond donors (Lipinski definition) is 2. The lowest BCUT2D eigenvalue weighted by molar-refractivity contribution is 0.0693. The molecule has 0 spiro atoms. The number of halogens is 2. The van der Waals surface area contributed by atoms with E-state index in [1.165, 1.54) is 23.9 Å². The predicted octanol–water partition coefficient (Wildman–Crippen LogP) is 3.93. The zero-order valence-electron chi connectivity index (χ0n) is 9.43. The summed E-state index contributed by atoms with van der Waals surface area (Å²) in [6.07, 6.45) is 1.62. The highest BCUT2D eigenvalue weighted by Crippen LogP contribution is 2.39. The first kappa shape index (κ1) is 14.2. The van der Waals surface area contributed by atoms with Crippen molar-refractivity contribution in [1.82, 2.24) is 4.98 Å². The van der Waals surface area contributed by atoms with Gasteiger partial charge in [-0.2, -0.15) is 0 Å². The maximum absolute atomic E-state index is 11.2. The monoisotopic (exact) mass is 358 g/mol. The highest BCUT2D eigenvalue weighted by Gasteiger charge is 2.17. The van der Waals surface area contributed by atoms with Crippen LogP contribution in [0.2, 0.25) is 5.02 Å². The molecule has 3 N–H and O–H groups in total. The minimum Gasteiger partial charge on any atom is -0.478 e. The first-order valence-corrected chi connectivity index (χ1v) is 7.08. The third-order valence-corrected chi connectivity index (χ3v) is 4.69. The van der Waals surface area contributed by atoms with Crippen LogP contribution in [0.1, 0.15) is 10.4 Å². The first-order valence-electron chi connectivity index (χ1n) is 5.09. The second kappa shape index (κ2) is 5.81. The van der Waals surface area contributed by atoms with Gasteiger partial charge in [-0.15, -0.1) is 0 Å². The van der Waals surface area contributed by atoms with Crippen LogP contribution in [0.5, 0.6) is 0 Å². The number of carboxylic acids is 1. The fourth-order valence-corrected chi connectivity index (χ4v) is 3.15. The smallest absolute Gasteiger partial charge is 0.336 e. The van der Waals surface area contributed by atoms with Gasteiger partial charge >= 0.3 is 5.97 Å². The van der Waals surface area contributed by atoms with Gasteiger partial charge in [0.05, 0.1) is 15.1 Å². The number of hydrogen-bond acceptors (Lipinski definition) is 4. The van der Waals surface area contributed by atoms with E-state index in [1.54, 1.807) is 12.3 Å². The highest BCUT2D eigenvalue weighted by atomic mass is 79.9. The lowest BCUT2D eigenvalue weighted by atomic mass is 10.2. The fourth-order valence-electron chi connectivity index (χ4n) is 1.42. The number of nitrogens with two attached hydrogens (primary N) is 1. The summed E-state index contributed by atoms with van der Waals surface area (Å²) in [6.45, 7) is 0. The number of carboxylic acid groups (broad SMARTS) is 1. The molecule has 1 heterocycles. The van der Waals surface area contributed by atoms with Crippen LogP contribution in [0, 0.1) is 0 Å². The summed E-state index contributed by atoms with van der Waals surface area (Å²) in [5.41, 5.74) is 5.98. The molecule has 0 unspecified atom stereocenters. The fraction of sp³-hybridized carbons (Fsp3) is 0. The van der Waals surface area contributed by atoms with Crippen LogP contribution in [-0.4, -0.2) is 16.1 Å². The Labute approximate surface area is 127 Å². The maximum Gasteiger partial charge on any atom is 0.336 e. The van der Waals surface area contributed by atoms with E-state index in [9.17, 15) is 9.90 Å². The van der Waals surface area contributed by atoms with Crippen molar-refractivity contribution in [3.8, 4) is 0 Å². The van der Waals surface area contributed by atoms with Gasteiger partial charge < -0.3 is 10.8 Å². The average Bonchev–Trinajstić information content (AvgIpc) is 2.34. The maximum atomic E-state index is 11.2. The lowest BCUT2D eigenvalue weighted by Crippen LogP contribution is -2.01. The first-order chi connectivity index (χ1) is 8.99. The van der Waals surface area contributed by atoms with Crippen molar-refractivity contribution in [3.63, 3.8) is 0 Å². The van der Waals surface area contributed by atoms with Crippen molar-refractivity contribution in [2.75, 3.05) is 5.73 Å². The van der Waals surface area contributed by atoms with Gasteiger partial charge in [-0.25, -0.2) is 9.78 Å². The van der Waals surface area contributed by atoms with E-state index >= 15 is 0 Å². The number of nitrogen functional groups attached to an aromatic ring is 1. The Morgan fingerprint density at radius 3 is 2.84 bits per heavy atom. The summed E-state index contributed by atoms with van der Waals surface area (Å²) in [6, 6.07) is 6.50. The number of rotatable bonds is 3. The molecule has 0 amide bonds. The average molecular weight is 360 g/mol. The van der Waals surface area contributed by atoms with E-state index in [0.29, 0.717) is 20.6 Å². The minimum absolute atomic E-state index is 0.0625. The van der Waals surface area contributed by atoms with Crippen LogP contribution in [-0.2, 0) is 0 Å². The third kappa shape index (κ3) is 3.20. The molecule has 0 aliphatic rings. The van der Waals surface area contributed by atoms with E-state index in [0.717, 1.165) is 4.47 Å². The number of benzene rings is 1. The van der Waals surface area contributed by atoms with Crippen LogP contribution < -0.4 is 5.73 Å². The Morgan fingerprint density at radius 2 is 2.21 bits per heavy atom. The number of carbonyl (C=O) groups is 1. The molecule has 4 nitrogen and oxygen atoms in total. The van der Waals surface area contributed by atoms with Crippen molar-refractivity contribution in [3.05, 3.63) is 45.5 Å². The van der Waals surface area contributed by atoms with Crippen molar-refractivity contribution in [2.24, 2.45) is 0 Å². The van der Waals surface area contributed by atoms with E-state index in [1.807, 2.05) is 6.07 Å². The van der Waals surface area contributed by atoms with Crippen LogP contribution in [0.3, 0.4) is 0 Å². The van der Waals surface area contributed by atoms with Crippen LogP contribution >= 0.6 is 39.3 Å². The quantitative estimate of drug-likeness (QED) is 0.812. The van der Waals surface area contributed by atoms with E-state index in [-0.39, 0.29) is 5.56 Å². The molecule has 0 aliphatic carbocycles. The van der Waals surface area contributed by atoms with Gasteiger partial charge in [0, 0.05) is 16.8 Å². The summed E-state index contributed by atoms with van der Waals surface area (Å²) in [7, 11) is 0. The van der Waals surface area contributed by atoms with Gasteiger partial charge in [-0.3, -0.25) is 0 Å². The summed E-state index contributed by atoms with van der Waals surface area (Å²) in [5.74, 6) is -1.08. The Hall–Kier alpha value is -1.24. The Kier molecular flexibility index (Phi) is 4.34. The van der Waals surface area contributed by atoms with Crippen LogP contribution in [0.4, 0.5) is 5.69 Å². The summed E-state index contributed by atoms with van der Waals surface area (Å²) in [5, 5.41) is 10.1. The topological polar surface area (TPSA) is 76.2 Å². The molecular formula is C12H8BrClN2O2S. The summed E-state index contributed by atoms with van der Waals surface area (Å²) in [4.78, 5) is 15.8. The highest BCUT2D eigenvalue weighted by molar-refractivity contribution is 9.10. The molecule has 0 fully saturated rings. The Bertz CT molecular complexity index is 652. The largest absolute Gasteiger partial charge is 0.478 e. The lowest BCUT2D eigenvalue weighted by Gasteiger charge is -2.09. The number of nitrogens with zero attached hydrogens (tertiary/aromatic N) is 1. The minimum atomic E-state index is -1.08. The molecule has 2 rings (SSSR count). The molecule has 19 heavy (non-hydrogen) atoms. The number of pyridine rings is 1. The Morgan fingerprint density at radius 1 is 1.47 bits per heavy atom. The summed E-state index contributed by atoms with van der Waals surface area (Å²) < 4.78 is 0.768. The molecule has 0 saturated heterocycles. The zero-order valence-corrected chi connectivity index (χ0v) is 12.6. The molecule has 0 radical (unpaired) electrons. The van der Waals surface area contributed by atoms with E-state index in [4.69, 9.17) is 17.3 Å². The second-order valence-electron chi connectivity index (χ2n) is 3.58. The molecule has 0 aliphatic heterocycles. The van der Waals surface area contributed by atoms with Gasteiger partial charge in [0.15, 0.2) is 0 Å². The number of aromatic carboxylic acids is 1. The normalized spacial score (nSPS) is 10.4. The summed E-state index contributed by atoms with van der Waals surface area (Å²) >= 11 is 10.6. The molecule has 1 aromatic carbocycles. The molecule has 1 aromatic heterocycles. The third-order valence-electron chi connectivity index (χ3n) is 2.22. The molecule has 7 heteroatoms. The zero-order chi connectivity index (χ0) is 14.0. The predicted molar refractivity (Wildman–Crippen MR) is 78.9 cm³/mol.